The Morgan fingerprint density at radius 2 is 1.66 bits per heavy atom. The topological polar surface area (TPSA) is 132 Å². The molecule has 1 amide bonds. The monoisotopic (exact) mass is 655 g/mol. The largest absolute Gasteiger partial charge is 0.478 e. The summed E-state index contributed by atoms with van der Waals surface area (Å²) in [6.45, 7) is 5.21. The van der Waals surface area contributed by atoms with E-state index in [2.05, 4.69) is 15.0 Å². The van der Waals surface area contributed by atoms with E-state index in [-0.39, 0.29) is 59.8 Å². The van der Waals surface area contributed by atoms with E-state index in [1.54, 1.807) is 0 Å². The Labute approximate surface area is 254 Å². The number of carboxylic acid groups (broad SMARTS) is 1. The van der Waals surface area contributed by atoms with Crippen molar-refractivity contribution in [2.75, 3.05) is 48.9 Å². The minimum atomic E-state index is -4.26. The van der Waals surface area contributed by atoms with Gasteiger partial charge in [-0.1, -0.05) is 6.92 Å². The van der Waals surface area contributed by atoms with Crippen molar-refractivity contribution in [1.82, 2.24) is 15.2 Å². The number of sulfonamides is 1. The second-order valence-corrected chi connectivity index (χ2v) is 10.5. The van der Waals surface area contributed by atoms with Crippen LogP contribution in [0.5, 0.6) is 0 Å². The third-order valence-electron chi connectivity index (χ3n) is 6.11. The second-order valence-electron chi connectivity index (χ2n) is 8.86. The number of hydrogen-bond acceptors (Lipinski definition) is 7. The van der Waals surface area contributed by atoms with Crippen LogP contribution in [0.2, 0.25) is 0 Å². The normalized spacial score (nSPS) is 13.4. The van der Waals surface area contributed by atoms with E-state index in [0.717, 1.165) is 12.5 Å². The lowest BCUT2D eigenvalue weighted by Crippen LogP contribution is -2.49. The molecule has 3 aromatic rings. The number of nitrogens with one attached hydrogen (secondary N) is 2. The fraction of sp³-hybridized carbons (Fsp3) is 0.320. The van der Waals surface area contributed by atoms with E-state index in [1.807, 2.05) is 16.7 Å². The molecule has 0 spiro atoms. The molecule has 2 heterocycles. The van der Waals surface area contributed by atoms with Gasteiger partial charge in [-0.25, -0.2) is 27.0 Å². The van der Waals surface area contributed by atoms with Crippen molar-refractivity contribution in [2.24, 2.45) is 0 Å². The van der Waals surface area contributed by atoms with Gasteiger partial charge in [0, 0.05) is 43.8 Å². The number of rotatable bonds is 9. The first-order valence-corrected chi connectivity index (χ1v) is 13.5. The standard InChI is InChI=1S/C25H27F2N5O5S.3ClH/c1-2-7-28-24(33)15-31-8-10-32(11-9-31)23-14-19(25(34)35)18-12-16(3-6-22(18)29-23)30-38(36,37)17-4-5-20(26)21(27)13-17;;;/h3-6,12-14,30H,2,7-11,15H2,1H3,(H,28,33)(H,34,35);3*1H. The summed E-state index contributed by atoms with van der Waals surface area (Å²) in [5.74, 6) is -3.28. The van der Waals surface area contributed by atoms with Gasteiger partial charge < -0.3 is 15.3 Å². The fourth-order valence-corrected chi connectivity index (χ4v) is 5.19. The minimum absolute atomic E-state index is 0. The maximum Gasteiger partial charge on any atom is 0.336 e. The van der Waals surface area contributed by atoms with Crippen LogP contribution in [0.25, 0.3) is 10.9 Å². The SMILES string of the molecule is CCCNC(=O)CN1CCN(c2cc(C(=O)O)c3cc(NS(=O)(=O)c4ccc(F)c(F)c4)ccc3n2)CC1.Cl.Cl.Cl. The molecule has 226 valence electrons. The van der Waals surface area contributed by atoms with Crippen LogP contribution in [0.3, 0.4) is 0 Å². The van der Waals surface area contributed by atoms with Crippen LogP contribution >= 0.6 is 37.2 Å². The van der Waals surface area contributed by atoms with Crippen molar-refractivity contribution in [3.63, 3.8) is 0 Å². The zero-order valence-electron chi connectivity index (χ0n) is 21.8. The van der Waals surface area contributed by atoms with Crippen LogP contribution in [0, 0.1) is 11.6 Å². The average molecular weight is 657 g/mol. The van der Waals surface area contributed by atoms with Gasteiger partial charge in [-0.2, -0.15) is 0 Å². The van der Waals surface area contributed by atoms with Gasteiger partial charge in [0.2, 0.25) is 5.91 Å². The van der Waals surface area contributed by atoms with Gasteiger partial charge in [0.1, 0.15) is 5.82 Å². The number of aromatic nitrogens is 1. The van der Waals surface area contributed by atoms with E-state index in [1.165, 1.54) is 24.3 Å². The summed E-state index contributed by atoms with van der Waals surface area (Å²) in [5.41, 5.74) is 0.312. The molecule has 16 heteroatoms. The molecule has 4 rings (SSSR count). The molecule has 1 saturated heterocycles. The molecule has 1 aliphatic heterocycles. The first-order valence-electron chi connectivity index (χ1n) is 12.0. The highest BCUT2D eigenvalue weighted by atomic mass is 35.5. The number of hydrogen-bond donors (Lipinski definition) is 3. The van der Waals surface area contributed by atoms with Crippen molar-refractivity contribution in [1.29, 1.82) is 0 Å². The van der Waals surface area contributed by atoms with Gasteiger partial charge in [0.25, 0.3) is 10.0 Å². The van der Waals surface area contributed by atoms with E-state index in [4.69, 9.17) is 0 Å². The third kappa shape index (κ3) is 8.76. The molecule has 0 atom stereocenters. The number of anilines is 2. The molecule has 0 bridgehead atoms. The Bertz CT molecular complexity index is 1490. The van der Waals surface area contributed by atoms with Gasteiger partial charge in [0.15, 0.2) is 11.6 Å². The maximum absolute atomic E-state index is 13.5. The summed E-state index contributed by atoms with van der Waals surface area (Å²) in [4.78, 5) is 32.1. The quantitative estimate of drug-likeness (QED) is 0.316. The number of carbonyl (C=O) groups is 2. The molecule has 0 aliphatic carbocycles. The Morgan fingerprint density at radius 3 is 2.27 bits per heavy atom. The number of aromatic carboxylic acids is 1. The molecule has 1 aliphatic rings. The number of piperazine rings is 1. The highest BCUT2D eigenvalue weighted by Gasteiger charge is 2.23. The van der Waals surface area contributed by atoms with Gasteiger partial charge in [-0.15, -0.1) is 37.2 Å². The lowest BCUT2D eigenvalue weighted by molar-refractivity contribution is -0.122. The predicted octanol–water partition coefficient (Wildman–Crippen LogP) is 3.93. The molecule has 41 heavy (non-hydrogen) atoms. The zero-order valence-corrected chi connectivity index (χ0v) is 25.1. The summed E-state index contributed by atoms with van der Waals surface area (Å²) in [6.07, 6.45) is 0.862. The van der Waals surface area contributed by atoms with Crippen LogP contribution in [-0.2, 0) is 14.8 Å². The molecular formula is C25H30Cl3F2N5O5S. The number of nitrogens with zero attached hydrogens (tertiary/aromatic N) is 3. The number of halogens is 5. The van der Waals surface area contributed by atoms with Gasteiger partial charge in [-0.3, -0.25) is 14.4 Å². The molecule has 1 fully saturated rings. The van der Waals surface area contributed by atoms with Gasteiger partial charge in [-0.05, 0) is 48.9 Å². The first kappa shape index (κ1) is 36.1. The Kier molecular flexibility index (Phi) is 13.5. The van der Waals surface area contributed by atoms with Crippen molar-refractivity contribution in [3.8, 4) is 0 Å². The molecule has 0 saturated carbocycles. The van der Waals surface area contributed by atoms with E-state index < -0.39 is 32.5 Å². The zero-order chi connectivity index (χ0) is 27.4. The van der Waals surface area contributed by atoms with Crippen LogP contribution in [0.15, 0.2) is 47.4 Å². The summed E-state index contributed by atoms with van der Waals surface area (Å²) in [7, 11) is -4.26. The van der Waals surface area contributed by atoms with Crippen molar-refractivity contribution in [2.45, 2.75) is 18.2 Å². The van der Waals surface area contributed by atoms with Crippen LogP contribution in [-0.4, -0.2) is 74.6 Å². The molecule has 0 unspecified atom stereocenters. The lowest BCUT2D eigenvalue weighted by Gasteiger charge is -2.35. The number of pyridine rings is 1. The molecule has 0 radical (unpaired) electrons. The summed E-state index contributed by atoms with van der Waals surface area (Å²) >= 11 is 0. The predicted molar refractivity (Wildman–Crippen MR) is 160 cm³/mol. The van der Waals surface area contributed by atoms with Crippen LogP contribution < -0.4 is 14.9 Å². The molecule has 1 aromatic heterocycles. The third-order valence-corrected chi connectivity index (χ3v) is 7.49. The number of carbonyl (C=O) groups excluding carboxylic acids is 1. The number of amides is 1. The summed E-state index contributed by atoms with van der Waals surface area (Å²) < 4.78 is 54.3. The van der Waals surface area contributed by atoms with Gasteiger partial charge >= 0.3 is 5.97 Å². The Morgan fingerprint density at radius 1 is 0.976 bits per heavy atom. The molecule has 3 N–H and O–H groups in total. The summed E-state index contributed by atoms with van der Waals surface area (Å²) in [5, 5.41) is 12.9. The van der Waals surface area contributed by atoms with Crippen LogP contribution in [0.4, 0.5) is 20.3 Å². The minimum Gasteiger partial charge on any atom is -0.478 e. The first-order chi connectivity index (χ1) is 18.1. The number of benzene rings is 2. The van der Waals surface area contributed by atoms with Gasteiger partial charge in [0.05, 0.1) is 22.5 Å². The second kappa shape index (κ2) is 15.3. The highest BCUT2D eigenvalue weighted by Crippen LogP contribution is 2.28. The lowest BCUT2D eigenvalue weighted by atomic mass is 10.1. The fourth-order valence-electron chi connectivity index (χ4n) is 4.13. The number of carboxylic acids is 1. The molecular weight excluding hydrogens is 627 g/mol. The maximum atomic E-state index is 13.5. The number of fused-ring (bicyclic) bond motifs is 1. The summed E-state index contributed by atoms with van der Waals surface area (Å²) in [6, 6.07) is 7.86. The van der Waals surface area contributed by atoms with Crippen molar-refractivity contribution in [3.05, 3.63) is 59.7 Å². The van der Waals surface area contributed by atoms with E-state index >= 15 is 0 Å². The van der Waals surface area contributed by atoms with E-state index in [9.17, 15) is 31.9 Å². The van der Waals surface area contributed by atoms with Crippen molar-refractivity contribution < 1.29 is 31.9 Å². The highest BCUT2D eigenvalue weighted by molar-refractivity contribution is 7.92. The smallest absolute Gasteiger partial charge is 0.336 e. The van der Waals surface area contributed by atoms with Crippen LogP contribution in [0.1, 0.15) is 23.7 Å². The van der Waals surface area contributed by atoms with E-state index in [0.29, 0.717) is 62.7 Å². The molecule has 2 aromatic carbocycles. The average Bonchev–Trinajstić information content (AvgIpc) is 2.88. The Balaban J connectivity index is 0.00000280. The Hall–Kier alpha value is -2.97. The van der Waals surface area contributed by atoms with Crippen molar-refractivity contribution >= 4 is 81.5 Å². The molecule has 10 nitrogen and oxygen atoms in total.